The van der Waals surface area contributed by atoms with Crippen LogP contribution in [0.2, 0.25) is 0 Å². The van der Waals surface area contributed by atoms with Crippen molar-refractivity contribution in [2.75, 3.05) is 26.1 Å². The van der Waals surface area contributed by atoms with Crippen LogP contribution >= 0.6 is 11.3 Å². The number of aliphatic carboxylic acids is 1. The van der Waals surface area contributed by atoms with Crippen LogP contribution < -0.4 is 19.9 Å². The maximum absolute atomic E-state index is 10.7. The molecule has 0 radical (unpaired) electrons. The molecule has 8 nitrogen and oxygen atoms in total. The lowest BCUT2D eigenvalue weighted by molar-refractivity contribution is -0.309. The number of hydrogen-bond donors (Lipinski definition) is 1. The van der Waals surface area contributed by atoms with Crippen LogP contribution in [0, 0.1) is 0 Å². The van der Waals surface area contributed by atoms with Crippen LogP contribution in [0.25, 0.3) is 10.2 Å². The zero-order valence-corrected chi connectivity index (χ0v) is 18.3. The number of thiophene rings is 1. The lowest BCUT2D eigenvalue weighted by Crippen LogP contribution is -2.27. The summed E-state index contributed by atoms with van der Waals surface area (Å²) in [5.41, 5.74) is 2.34. The summed E-state index contributed by atoms with van der Waals surface area (Å²) in [7, 11) is 3.22. The van der Waals surface area contributed by atoms with Crippen LogP contribution in [-0.4, -0.2) is 36.8 Å². The number of carbonyl (C=O) groups excluding carboxylic acids is 1. The van der Waals surface area contributed by atoms with Gasteiger partial charge in [0.15, 0.2) is 17.3 Å². The zero-order valence-electron chi connectivity index (χ0n) is 17.5. The minimum atomic E-state index is -1.26. The smallest absolute Gasteiger partial charge is 0.161 e. The third-order valence-corrected chi connectivity index (χ3v) is 6.41. The number of aromatic nitrogens is 2. The Balaban J connectivity index is 1.64. The van der Waals surface area contributed by atoms with Gasteiger partial charge in [0.05, 0.1) is 32.2 Å². The zero-order chi connectivity index (χ0) is 21.8. The highest BCUT2D eigenvalue weighted by Crippen LogP contribution is 2.39. The second-order valence-electron chi connectivity index (χ2n) is 7.29. The molecule has 2 heterocycles. The minimum absolute atomic E-state index is 0.0114. The summed E-state index contributed by atoms with van der Waals surface area (Å²) in [4.78, 5) is 22.2. The van der Waals surface area contributed by atoms with Crippen LogP contribution in [0.4, 0.5) is 5.82 Å². The highest BCUT2D eigenvalue weighted by molar-refractivity contribution is 7.19. The van der Waals surface area contributed by atoms with E-state index in [2.05, 4.69) is 15.3 Å². The second kappa shape index (κ2) is 9.49. The van der Waals surface area contributed by atoms with Crippen molar-refractivity contribution in [3.8, 4) is 11.5 Å². The first kappa shape index (κ1) is 21.3. The molecule has 0 fully saturated rings. The Labute approximate surface area is 184 Å². The largest absolute Gasteiger partial charge is 0.548 e. The molecule has 0 atom stereocenters. The topological polar surface area (TPSA) is 106 Å². The average molecular weight is 443 g/mol. The Morgan fingerprint density at radius 1 is 1.16 bits per heavy atom. The van der Waals surface area contributed by atoms with Gasteiger partial charge in [-0.05, 0) is 48.9 Å². The van der Waals surface area contributed by atoms with E-state index in [1.165, 1.54) is 16.9 Å². The van der Waals surface area contributed by atoms with Crippen molar-refractivity contribution in [1.82, 2.24) is 9.97 Å². The van der Waals surface area contributed by atoms with E-state index in [1.54, 1.807) is 25.6 Å². The number of ether oxygens (including phenoxy) is 3. The molecular weight excluding hydrogens is 418 g/mol. The molecule has 0 aliphatic heterocycles. The van der Waals surface area contributed by atoms with Crippen LogP contribution in [0.5, 0.6) is 11.5 Å². The number of fused-ring (bicyclic) bond motifs is 3. The summed E-state index contributed by atoms with van der Waals surface area (Å²) in [5, 5.41) is 15.2. The summed E-state index contributed by atoms with van der Waals surface area (Å²) in [5.74, 6) is 1.27. The van der Waals surface area contributed by atoms with Crippen molar-refractivity contribution < 1.29 is 24.1 Å². The summed E-state index contributed by atoms with van der Waals surface area (Å²) in [6.45, 7) is 0.0602. The number of anilines is 1. The second-order valence-corrected chi connectivity index (χ2v) is 8.37. The SMILES string of the molecule is COc1ccc(CNc2nc(COCC(=O)[O-])nc3sc4c(c23)CCCC4)cc1OC. The van der Waals surface area contributed by atoms with Crippen molar-refractivity contribution in [3.63, 3.8) is 0 Å². The fraction of sp³-hybridized carbons (Fsp3) is 0.409. The van der Waals surface area contributed by atoms with Crippen LogP contribution in [0.15, 0.2) is 18.2 Å². The summed E-state index contributed by atoms with van der Waals surface area (Å²) in [6, 6.07) is 5.77. The minimum Gasteiger partial charge on any atom is -0.548 e. The van der Waals surface area contributed by atoms with Gasteiger partial charge in [0, 0.05) is 11.4 Å². The van der Waals surface area contributed by atoms with Crippen molar-refractivity contribution in [3.05, 3.63) is 40.0 Å². The fourth-order valence-corrected chi connectivity index (χ4v) is 5.08. The van der Waals surface area contributed by atoms with Gasteiger partial charge in [-0.2, -0.15) is 0 Å². The van der Waals surface area contributed by atoms with E-state index >= 15 is 0 Å². The van der Waals surface area contributed by atoms with E-state index in [0.29, 0.717) is 23.9 Å². The average Bonchev–Trinajstić information content (AvgIpc) is 3.15. The van der Waals surface area contributed by atoms with E-state index in [-0.39, 0.29) is 6.61 Å². The van der Waals surface area contributed by atoms with Gasteiger partial charge in [-0.3, -0.25) is 0 Å². The molecule has 31 heavy (non-hydrogen) atoms. The molecule has 1 aliphatic rings. The number of hydrogen-bond acceptors (Lipinski definition) is 9. The molecule has 0 spiro atoms. The number of rotatable bonds is 9. The quantitative estimate of drug-likeness (QED) is 0.539. The molecular formula is C22H24N3O5S-. The molecule has 3 aromatic rings. The van der Waals surface area contributed by atoms with Crippen molar-refractivity contribution in [2.24, 2.45) is 0 Å². The molecule has 9 heteroatoms. The maximum Gasteiger partial charge on any atom is 0.161 e. The van der Waals surface area contributed by atoms with Crippen LogP contribution in [0.3, 0.4) is 0 Å². The van der Waals surface area contributed by atoms with Gasteiger partial charge in [0.2, 0.25) is 0 Å². The highest BCUT2D eigenvalue weighted by atomic mass is 32.1. The molecule has 164 valence electrons. The molecule has 1 aromatic carbocycles. The van der Waals surface area contributed by atoms with Crippen molar-refractivity contribution in [2.45, 2.75) is 38.8 Å². The Hall–Kier alpha value is -2.91. The number of carbonyl (C=O) groups is 1. The Kier molecular flexibility index (Phi) is 6.53. The first-order valence-corrected chi connectivity index (χ1v) is 10.9. The van der Waals surface area contributed by atoms with E-state index in [4.69, 9.17) is 14.2 Å². The number of carboxylic acids is 1. The number of methoxy groups -OCH3 is 2. The van der Waals surface area contributed by atoms with E-state index in [1.807, 2.05) is 18.2 Å². The molecule has 0 bridgehead atoms. The summed E-state index contributed by atoms with van der Waals surface area (Å²) < 4.78 is 15.9. The van der Waals surface area contributed by atoms with Crippen molar-refractivity contribution >= 4 is 33.3 Å². The number of benzene rings is 1. The number of aryl methyl sites for hydroxylation is 2. The van der Waals surface area contributed by atoms with Gasteiger partial charge in [0.25, 0.3) is 0 Å². The number of nitrogens with one attached hydrogen (secondary N) is 1. The first-order chi connectivity index (χ1) is 15.1. The van der Waals surface area contributed by atoms with E-state index in [9.17, 15) is 9.90 Å². The lowest BCUT2D eigenvalue weighted by atomic mass is 9.97. The van der Waals surface area contributed by atoms with Crippen LogP contribution in [-0.2, 0) is 35.5 Å². The molecule has 0 unspecified atom stereocenters. The first-order valence-electron chi connectivity index (χ1n) is 10.1. The van der Waals surface area contributed by atoms with Gasteiger partial charge in [-0.15, -0.1) is 11.3 Å². The fourth-order valence-electron chi connectivity index (χ4n) is 3.80. The molecule has 1 aliphatic carbocycles. The van der Waals surface area contributed by atoms with E-state index in [0.717, 1.165) is 40.9 Å². The number of carboxylic acid groups (broad SMARTS) is 1. The van der Waals surface area contributed by atoms with Gasteiger partial charge in [-0.1, -0.05) is 6.07 Å². The standard InChI is InChI=1S/C22H25N3O5S/c1-28-15-8-7-13(9-16(15)29-2)10-23-21-20-14-5-3-4-6-17(14)31-22(20)25-18(24-21)11-30-12-19(26)27/h7-9H,3-6,10-12H2,1-2H3,(H,26,27)(H,23,24,25)/p-1. The predicted molar refractivity (Wildman–Crippen MR) is 116 cm³/mol. The molecule has 4 rings (SSSR count). The summed E-state index contributed by atoms with van der Waals surface area (Å²) in [6.07, 6.45) is 4.42. The van der Waals surface area contributed by atoms with E-state index < -0.39 is 12.6 Å². The normalized spacial score (nSPS) is 13.1. The van der Waals surface area contributed by atoms with Gasteiger partial charge in [0.1, 0.15) is 17.3 Å². The van der Waals surface area contributed by atoms with Gasteiger partial charge >= 0.3 is 0 Å². The number of nitrogens with zero attached hydrogens (tertiary/aromatic N) is 2. The highest BCUT2D eigenvalue weighted by Gasteiger charge is 2.21. The summed E-state index contributed by atoms with van der Waals surface area (Å²) >= 11 is 1.69. The van der Waals surface area contributed by atoms with Crippen LogP contribution in [0.1, 0.15) is 34.7 Å². The molecule has 0 saturated heterocycles. The van der Waals surface area contributed by atoms with Gasteiger partial charge < -0.3 is 29.4 Å². The Morgan fingerprint density at radius 3 is 2.74 bits per heavy atom. The molecule has 2 aromatic heterocycles. The third-order valence-electron chi connectivity index (χ3n) is 5.22. The lowest BCUT2D eigenvalue weighted by Gasteiger charge is -2.14. The predicted octanol–water partition coefficient (Wildman–Crippen LogP) is 2.47. The molecule has 0 amide bonds. The third kappa shape index (κ3) is 4.72. The Bertz CT molecular complexity index is 1100. The molecule has 0 saturated carbocycles. The Morgan fingerprint density at radius 2 is 1.97 bits per heavy atom. The maximum atomic E-state index is 10.7. The van der Waals surface area contributed by atoms with Gasteiger partial charge in [-0.25, -0.2) is 9.97 Å². The monoisotopic (exact) mass is 442 g/mol. The van der Waals surface area contributed by atoms with Crippen molar-refractivity contribution in [1.29, 1.82) is 0 Å². The molecule has 1 N–H and O–H groups in total.